The predicted octanol–water partition coefficient (Wildman–Crippen LogP) is 1.87. The van der Waals surface area contributed by atoms with Gasteiger partial charge in [-0.15, -0.1) is 0 Å². The van der Waals surface area contributed by atoms with E-state index in [-0.39, 0.29) is 30.9 Å². The Morgan fingerprint density at radius 2 is 2.05 bits per heavy atom. The monoisotopic (exact) mass is 303 g/mol. The number of hydrogen-bond acceptors (Lipinski definition) is 4. The third-order valence-corrected chi connectivity index (χ3v) is 3.27. The van der Waals surface area contributed by atoms with Gasteiger partial charge >= 0.3 is 5.97 Å². The number of benzene rings is 1. The molecule has 0 radical (unpaired) electrons. The molecule has 1 aromatic carbocycles. The van der Waals surface area contributed by atoms with E-state index in [2.05, 4.69) is 10.3 Å². The first-order valence-electron chi connectivity index (χ1n) is 7.40. The lowest BCUT2D eigenvalue weighted by Crippen LogP contribution is -2.29. The van der Waals surface area contributed by atoms with E-state index in [1.165, 1.54) is 0 Å². The summed E-state index contributed by atoms with van der Waals surface area (Å²) in [5, 5.41) is 2.83. The Balaban J connectivity index is 2.27. The number of carbonyl (C=O) groups is 2. The van der Waals surface area contributed by atoms with Gasteiger partial charge in [-0.2, -0.15) is 0 Å². The highest BCUT2D eigenvalue weighted by Gasteiger charge is 2.15. The van der Waals surface area contributed by atoms with Crippen molar-refractivity contribution in [2.45, 2.75) is 33.9 Å². The minimum atomic E-state index is -0.318. The maximum Gasteiger partial charge on any atom is 0.326 e. The summed E-state index contributed by atoms with van der Waals surface area (Å²) in [6.45, 7) is 6.14. The van der Waals surface area contributed by atoms with E-state index in [4.69, 9.17) is 4.74 Å². The van der Waals surface area contributed by atoms with Crippen molar-refractivity contribution in [1.82, 2.24) is 14.9 Å². The molecular formula is C16H21N3O3. The van der Waals surface area contributed by atoms with Gasteiger partial charge in [0.15, 0.2) is 0 Å². The van der Waals surface area contributed by atoms with E-state index in [1.807, 2.05) is 38.1 Å². The molecule has 0 unspecified atom stereocenters. The first-order valence-corrected chi connectivity index (χ1v) is 7.40. The summed E-state index contributed by atoms with van der Waals surface area (Å²) in [7, 11) is 0. The minimum Gasteiger partial charge on any atom is -0.465 e. The lowest BCUT2D eigenvalue weighted by atomic mass is 10.2. The van der Waals surface area contributed by atoms with E-state index in [0.717, 1.165) is 11.0 Å². The van der Waals surface area contributed by atoms with Gasteiger partial charge in [0.2, 0.25) is 5.91 Å². The Morgan fingerprint density at radius 1 is 1.32 bits per heavy atom. The molecule has 118 valence electrons. The average molecular weight is 303 g/mol. The van der Waals surface area contributed by atoms with Crippen molar-refractivity contribution in [3.05, 3.63) is 30.1 Å². The normalized spacial score (nSPS) is 10.9. The van der Waals surface area contributed by atoms with Crippen LogP contribution in [0.4, 0.5) is 0 Å². The van der Waals surface area contributed by atoms with Gasteiger partial charge in [0.05, 0.1) is 24.2 Å². The largest absolute Gasteiger partial charge is 0.465 e. The van der Waals surface area contributed by atoms with Crippen LogP contribution in [0.5, 0.6) is 0 Å². The molecule has 2 aromatic rings. The molecule has 0 aliphatic heterocycles. The molecule has 22 heavy (non-hydrogen) atoms. The van der Waals surface area contributed by atoms with E-state index < -0.39 is 0 Å². The molecule has 0 aliphatic rings. The molecule has 1 N–H and O–H groups in total. The van der Waals surface area contributed by atoms with Crippen LogP contribution in [0.3, 0.4) is 0 Å². The SMILES string of the molecule is CCOC(=O)Cn1c(CNC(=O)C(C)C)nc2ccccc21. The van der Waals surface area contributed by atoms with Crippen LogP contribution in [0.15, 0.2) is 24.3 Å². The summed E-state index contributed by atoms with van der Waals surface area (Å²) < 4.78 is 6.79. The fourth-order valence-electron chi connectivity index (χ4n) is 2.14. The summed E-state index contributed by atoms with van der Waals surface area (Å²) >= 11 is 0. The fraction of sp³-hybridized carbons (Fsp3) is 0.438. The molecule has 1 amide bonds. The second-order valence-electron chi connectivity index (χ2n) is 5.28. The van der Waals surface area contributed by atoms with Crippen LogP contribution < -0.4 is 5.32 Å². The van der Waals surface area contributed by atoms with Gasteiger partial charge in [0, 0.05) is 5.92 Å². The molecule has 6 nitrogen and oxygen atoms in total. The van der Waals surface area contributed by atoms with E-state index >= 15 is 0 Å². The molecule has 0 bridgehead atoms. The van der Waals surface area contributed by atoms with Crippen molar-refractivity contribution in [3.8, 4) is 0 Å². The number of rotatable bonds is 6. The molecule has 2 rings (SSSR count). The highest BCUT2D eigenvalue weighted by molar-refractivity contribution is 5.80. The Bertz CT molecular complexity index is 676. The van der Waals surface area contributed by atoms with Crippen LogP contribution in [0, 0.1) is 5.92 Å². The molecule has 6 heteroatoms. The smallest absolute Gasteiger partial charge is 0.326 e. The summed E-state index contributed by atoms with van der Waals surface area (Å²) in [4.78, 5) is 28.0. The number of esters is 1. The molecule has 1 aromatic heterocycles. The van der Waals surface area contributed by atoms with Crippen LogP contribution >= 0.6 is 0 Å². The average Bonchev–Trinajstić information content (AvgIpc) is 2.83. The van der Waals surface area contributed by atoms with Crippen LogP contribution in [0.2, 0.25) is 0 Å². The molecule has 0 atom stereocenters. The third-order valence-electron chi connectivity index (χ3n) is 3.27. The second kappa shape index (κ2) is 7.06. The maximum absolute atomic E-state index is 11.8. The molecule has 0 aliphatic carbocycles. The number of aromatic nitrogens is 2. The first-order chi connectivity index (χ1) is 10.5. The van der Waals surface area contributed by atoms with Gasteiger partial charge in [-0.1, -0.05) is 26.0 Å². The first kappa shape index (κ1) is 16.0. The van der Waals surface area contributed by atoms with Crippen molar-refractivity contribution < 1.29 is 14.3 Å². The highest BCUT2D eigenvalue weighted by Crippen LogP contribution is 2.16. The summed E-state index contributed by atoms with van der Waals surface area (Å²) in [6, 6.07) is 7.56. The zero-order valence-corrected chi connectivity index (χ0v) is 13.1. The Hall–Kier alpha value is -2.37. The van der Waals surface area contributed by atoms with Crippen molar-refractivity contribution >= 4 is 22.9 Å². The minimum absolute atomic E-state index is 0.0465. The Morgan fingerprint density at radius 3 is 2.73 bits per heavy atom. The standard InChI is InChI=1S/C16H21N3O3/c1-4-22-15(20)10-19-13-8-6-5-7-12(13)18-14(19)9-17-16(21)11(2)3/h5-8,11H,4,9-10H2,1-3H3,(H,17,21). The molecule has 0 fully saturated rings. The van der Waals surface area contributed by atoms with Gasteiger partial charge in [-0.3, -0.25) is 9.59 Å². The van der Waals surface area contributed by atoms with E-state index in [0.29, 0.717) is 12.4 Å². The highest BCUT2D eigenvalue weighted by atomic mass is 16.5. The fourth-order valence-corrected chi connectivity index (χ4v) is 2.14. The summed E-state index contributed by atoms with van der Waals surface area (Å²) in [6.07, 6.45) is 0. The lowest BCUT2D eigenvalue weighted by molar-refractivity contribution is -0.143. The lowest BCUT2D eigenvalue weighted by Gasteiger charge is -2.10. The van der Waals surface area contributed by atoms with Gasteiger partial charge in [-0.25, -0.2) is 4.98 Å². The quantitative estimate of drug-likeness (QED) is 0.827. The van der Waals surface area contributed by atoms with Crippen LogP contribution in [-0.2, 0) is 27.4 Å². The molecule has 1 heterocycles. The Labute approximate surface area is 129 Å². The number of nitrogens with one attached hydrogen (secondary N) is 1. The summed E-state index contributed by atoms with van der Waals surface area (Å²) in [5.41, 5.74) is 1.64. The van der Waals surface area contributed by atoms with Gasteiger partial charge < -0.3 is 14.6 Å². The van der Waals surface area contributed by atoms with Crippen LogP contribution in [-0.4, -0.2) is 28.0 Å². The molecule has 0 spiro atoms. The second-order valence-corrected chi connectivity index (χ2v) is 5.28. The number of ether oxygens (including phenoxy) is 1. The summed E-state index contributed by atoms with van der Waals surface area (Å²) in [5.74, 6) is 0.183. The van der Waals surface area contributed by atoms with Gasteiger partial charge in [-0.05, 0) is 19.1 Å². The van der Waals surface area contributed by atoms with E-state index in [1.54, 1.807) is 11.5 Å². The Kier molecular flexibility index (Phi) is 5.14. The molecule has 0 saturated heterocycles. The van der Waals surface area contributed by atoms with Crippen LogP contribution in [0.25, 0.3) is 11.0 Å². The topological polar surface area (TPSA) is 73.2 Å². The van der Waals surface area contributed by atoms with Crippen molar-refractivity contribution in [3.63, 3.8) is 0 Å². The number of amides is 1. The maximum atomic E-state index is 11.8. The zero-order valence-electron chi connectivity index (χ0n) is 13.1. The van der Waals surface area contributed by atoms with Gasteiger partial charge in [0.25, 0.3) is 0 Å². The molecular weight excluding hydrogens is 282 g/mol. The number of hydrogen-bond donors (Lipinski definition) is 1. The van der Waals surface area contributed by atoms with Crippen molar-refractivity contribution in [1.29, 1.82) is 0 Å². The number of nitrogens with zero attached hydrogens (tertiary/aromatic N) is 2. The zero-order chi connectivity index (χ0) is 16.1. The van der Waals surface area contributed by atoms with Gasteiger partial charge in [0.1, 0.15) is 12.4 Å². The number of carbonyl (C=O) groups excluding carboxylic acids is 2. The number of fused-ring (bicyclic) bond motifs is 1. The number of para-hydroxylation sites is 2. The van der Waals surface area contributed by atoms with Crippen LogP contribution in [0.1, 0.15) is 26.6 Å². The molecule has 0 saturated carbocycles. The number of imidazole rings is 1. The van der Waals surface area contributed by atoms with Crippen molar-refractivity contribution in [2.24, 2.45) is 5.92 Å². The predicted molar refractivity (Wildman–Crippen MR) is 83.1 cm³/mol. The van der Waals surface area contributed by atoms with E-state index in [9.17, 15) is 9.59 Å². The third kappa shape index (κ3) is 3.63. The van der Waals surface area contributed by atoms with Crippen molar-refractivity contribution in [2.75, 3.05) is 6.61 Å².